The highest BCUT2D eigenvalue weighted by atomic mass is 32.2. The standard InChI is InChI=1S/C13H26N2S/c1-12-3-2-5-13(11-14,6-4-12)15-7-9-16-10-8-15/h12H,2-11,14H2,1H3. The molecule has 94 valence electrons. The Morgan fingerprint density at radius 2 is 2.00 bits per heavy atom. The first kappa shape index (κ1) is 12.7. The van der Waals surface area contributed by atoms with Gasteiger partial charge in [-0.1, -0.05) is 19.8 Å². The van der Waals surface area contributed by atoms with Crippen molar-refractivity contribution in [3.8, 4) is 0 Å². The minimum Gasteiger partial charge on any atom is -0.329 e. The molecule has 0 aromatic rings. The Kier molecular flexibility index (Phi) is 4.57. The van der Waals surface area contributed by atoms with Crippen LogP contribution in [0.4, 0.5) is 0 Å². The summed E-state index contributed by atoms with van der Waals surface area (Å²) in [5.74, 6) is 3.52. The highest BCUT2D eigenvalue weighted by molar-refractivity contribution is 7.99. The van der Waals surface area contributed by atoms with Crippen LogP contribution < -0.4 is 5.73 Å². The Morgan fingerprint density at radius 3 is 2.69 bits per heavy atom. The van der Waals surface area contributed by atoms with Gasteiger partial charge in [0.15, 0.2) is 0 Å². The van der Waals surface area contributed by atoms with Gasteiger partial charge in [0.05, 0.1) is 0 Å². The Morgan fingerprint density at radius 1 is 1.25 bits per heavy atom. The molecule has 2 aliphatic rings. The van der Waals surface area contributed by atoms with E-state index >= 15 is 0 Å². The number of hydrogen-bond acceptors (Lipinski definition) is 3. The monoisotopic (exact) mass is 242 g/mol. The lowest BCUT2D eigenvalue weighted by atomic mass is 9.87. The number of nitrogens with two attached hydrogens (primary N) is 1. The molecular weight excluding hydrogens is 216 g/mol. The lowest BCUT2D eigenvalue weighted by molar-refractivity contribution is 0.0883. The summed E-state index contributed by atoms with van der Waals surface area (Å²) in [7, 11) is 0. The molecule has 2 nitrogen and oxygen atoms in total. The van der Waals surface area contributed by atoms with Crippen molar-refractivity contribution in [2.75, 3.05) is 31.1 Å². The van der Waals surface area contributed by atoms with Crippen molar-refractivity contribution in [3.63, 3.8) is 0 Å². The van der Waals surface area contributed by atoms with Gasteiger partial charge in [-0.3, -0.25) is 4.90 Å². The third-order valence-corrected chi connectivity index (χ3v) is 5.45. The fourth-order valence-electron chi connectivity index (χ4n) is 3.25. The van der Waals surface area contributed by atoms with E-state index in [4.69, 9.17) is 5.73 Å². The molecule has 0 spiro atoms. The summed E-state index contributed by atoms with van der Waals surface area (Å²) < 4.78 is 0. The van der Waals surface area contributed by atoms with Crippen molar-refractivity contribution in [2.24, 2.45) is 11.7 Å². The van der Waals surface area contributed by atoms with Gasteiger partial charge in [0, 0.05) is 36.7 Å². The molecule has 0 aromatic heterocycles. The summed E-state index contributed by atoms with van der Waals surface area (Å²) in [5.41, 5.74) is 6.49. The van der Waals surface area contributed by atoms with Gasteiger partial charge < -0.3 is 5.73 Å². The Balaban J connectivity index is 2.04. The maximum atomic E-state index is 6.14. The van der Waals surface area contributed by atoms with Crippen molar-refractivity contribution in [3.05, 3.63) is 0 Å². The minimum atomic E-state index is 0.353. The first-order chi connectivity index (χ1) is 7.77. The molecule has 2 atom stereocenters. The molecular formula is C13H26N2S. The molecule has 1 saturated heterocycles. The Labute approximate surface area is 104 Å². The van der Waals surface area contributed by atoms with E-state index < -0.39 is 0 Å². The van der Waals surface area contributed by atoms with Gasteiger partial charge in [-0.15, -0.1) is 0 Å². The van der Waals surface area contributed by atoms with Crippen LogP contribution in [-0.2, 0) is 0 Å². The van der Waals surface area contributed by atoms with Crippen molar-refractivity contribution in [2.45, 2.75) is 44.6 Å². The maximum absolute atomic E-state index is 6.14. The van der Waals surface area contributed by atoms with Gasteiger partial charge in [0.25, 0.3) is 0 Å². The van der Waals surface area contributed by atoms with E-state index in [1.54, 1.807) is 0 Å². The summed E-state index contributed by atoms with van der Waals surface area (Å²) in [6, 6.07) is 0. The average Bonchev–Trinajstić information content (AvgIpc) is 2.53. The third kappa shape index (κ3) is 2.74. The highest BCUT2D eigenvalue weighted by Gasteiger charge is 2.37. The second kappa shape index (κ2) is 5.74. The van der Waals surface area contributed by atoms with Crippen LogP contribution in [0.1, 0.15) is 39.0 Å². The predicted octanol–water partition coefficient (Wildman–Crippen LogP) is 2.33. The molecule has 0 aromatic carbocycles. The summed E-state index contributed by atoms with van der Waals surface area (Å²) in [5, 5.41) is 0. The van der Waals surface area contributed by atoms with Crippen LogP contribution >= 0.6 is 11.8 Å². The van der Waals surface area contributed by atoms with Gasteiger partial charge in [0.1, 0.15) is 0 Å². The molecule has 3 heteroatoms. The predicted molar refractivity (Wildman–Crippen MR) is 72.9 cm³/mol. The van der Waals surface area contributed by atoms with Gasteiger partial charge in [-0.2, -0.15) is 11.8 Å². The van der Waals surface area contributed by atoms with E-state index in [0.717, 1.165) is 12.5 Å². The van der Waals surface area contributed by atoms with Gasteiger partial charge >= 0.3 is 0 Å². The van der Waals surface area contributed by atoms with Gasteiger partial charge in [-0.05, 0) is 25.2 Å². The third-order valence-electron chi connectivity index (χ3n) is 4.50. The van der Waals surface area contributed by atoms with E-state index in [9.17, 15) is 0 Å². The molecule has 1 aliphatic carbocycles. The van der Waals surface area contributed by atoms with Crippen molar-refractivity contribution in [1.82, 2.24) is 4.90 Å². The van der Waals surface area contributed by atoms with Crippen LogP contribution in [0.3, 0.4) is 0 Å². The number of rotatable bonds is 2. The van der Waals surface area contributed by atoms with Crippen molar-refractivity contribution >= 4 is 11.8 Å². The quantitative estimate of drug-likeness (QED) is 0.754. The number of nitrogens with zero attached hydrogens (tertiary/aromatic N) is 1. The van der Waals surface area contributed by atoms with Crippen LogP contribution in [0.2, 0.25) is 0 Å². The average molecular weight is 242 g/mol. The second-order valence-electron chi connectivity index (χ2n) is 5.56. The molecule has 0 amide bonds. The van der Waals surface area contributed by atoms with Crippen LogP contribution in [0.5, 0.6) is 0 Å². The van der Waals surface area contributed by atoms with Crippen LogP contribution in [0.15, 0.2) is 0 Å². The smallest absolute Gasteiger partial charge is 0.0332 e. The molecule has 2 N–H and O–H groups in total. The van der Waals surface area contributed by atoms with Crippen LogP contribution in [0.25, 0.3) is 0 Å². The van der Waals surface area contributed by atoms with E-state index in [0.29, 0.717) is 5.54 Å². The molecule has 2 unspecified atom stereocenters. The number of thioether (sulfide) groups is 1. The zero-order chi connectivity index (χ0) is 11.4. The fraction of sp³-hybridized carbons (Fsp3) is 1.00. The van der Waals surface area contributed by atoms with Crippen LogP contribution in [-0.4, -0.2) is 41.6 Å². The normalized spacial score (nSPS) is 38.2. The maximum Gasteiger partial charge on any atom is 0.0332 e. The van der Waals surface area contributed by atoms with Gasteiger partial charge in [0.2, 0.25) is 0 Å². The molecule has 0 radical (unpaired) electrons. The summed E-state index contributed by atoms with van der Waals surface area (Å²) in [4.78, 5) is 2.71. The summed E-state index contributed by atoms with van der Waals surface area (Å²) in [6.45, 7) is 5.79. The lowest BCUT2D eigenvalue weighted by Gasteiger charge is -2.45. The first-order valence-electron chi connectivity index (χ1n) is 6.80. The van der Waals surface area contributed by atoms with E-state index in [1.807, 2.05) is 0 Å². The zero-order valence-corrected chi connectivity index (χ0v) is 11.4. The molecule has 2 rings (SSSR count). The Hall–Kier alpha value is 0.270. The summed E-state index contributed by atoms with van der Waals surface area (Å²) in [6.07, 6.45) is 6.82. The first-order valence-corrected chi connectivity index (χ1v) is 7.95. The molecule has 2 fully saturated rings. The Bertz CT molecular complexity index is 216. The van der Waals surface area contributed by atoms with E-state index in [1.165, 1.54) is 56.7 Å². The highest BCUT2D eigenvalue weighted by Crippen LogP contribution is 2.35. The van der Waals surface area contributed by atoms with Crippen molar-refractivity contribution in [1.29, 1.82) is 0 Å². The van der Waals surface area contributed by atoms with E-state index in [-0.39, 0.29) is 0 Å². The molecule has 1 aliphatic heterocycles. The number of hydrogen-bond donors (Lipinski definition) is 1. The largest absolute Gasteiger partial charge is 0.329 e. The van der Waals surface area contributed by atoms with Crippen LogP contribution in [0, 0.1) is 5.92 Å². The molecule has 1 saturated carbocycles. The molecule has 1 heterocycles. The van der Waals surface area contributed by atoms with E-state index in [2.05, 4.69) is 23.6 Å². The van der Waals surface area contributed by atoms with Crippen molar-refractivity contribution < 1.29 is 0 Å². The SMILES string of the molecule is CC1CCCC(CN)(N2CCSCC2)CC1. The summed E-state index contributed by atoms with van der Waals surface area (Å²) >= 11 is 2.10. The molecule has 0 bridgehead atoms. The lowest BCUT2D eigenvalue weighted by Crippen LogP contribution is -2.56. The fourth-order valence-corrected chi connectivity index (χ4v) is 4.15. The topological polar surface area (TPSA) is 29.3 Å². The molecule has 16 heavy (non-hydrogen) atoms. The van der Waals surface area contributed by atoms with Gasteiger partial charge in [-0.25, -0.2) is 0 Å². The second-order valence-corrected chi connectivity index (χ2v) is 6.79. The zero-order valence-electron chi connectivity index (χ0n) is 10.6. The minimum absolute atomic E-state index is 0.353.